The predicted octanol–water partition coefficient (Wildman–Crippen LogP) is 6.76. The van der Waals surface area contributed by atoms with Crippen molar-refractivity contribution in [3.05, 3.63) is 95.1 Å². The Labute approximate surface area is 200 Å². The van der Waals surface area contributed by atoms with E-state index in [1.54, 1.807) is 11.8 Å². The van der Waals surface area contributed by atoms with E-state index < -0.39 is 0 Å². The Morgan fingerprint density at radius 3 is 2.48 bits per heavy atom. The van der Waals surface area contributed by atoms with Crippen molar-refractivity contribution in [3.8, 4) is 0 Å². The molecular formula is C28H30N2O2S. The van der Waals surface area contributed by atoms with E-state index in [1.165, 1.54) is 24.8 Å². The van der Waals surface area contributed by atoms with Crippen molar-refractivity contribution in [1.29, 1.82) is 0 Å². The maximum atomic E-state index is 13.0. The van der Waals surface area contributed by atoms with Gasteiger partial charge in [-0.15, -0.1) is 11.8 Å². The molecule has 3 aromatic rings. The molecule has 2 amide bonds. The van der Waals surface area contributed by atoms with Gasteiger partial charge in [-0.3, -0.25) is 14.5 Å². The summed E-state index contributed by atoms with van der Waals surface area (Å²) in [6.07, 6.45) is 4.64. The van der Waals surface area contributed by atoms with Gasteiger partial charge in [0.15, 0.2) is 0 Å². The molecule has 0 aliphatic carbocycles. The minimum absolute atomic E-state index is 0.0825. The number of benzene rings is 3. The maximum absolute atomic E-state index is 13.0. The van der Waals surface area contributed by atoms with Gasteiger partial charge in [0.05, 0.1) is 5.75 Å². The van der Waals surface area contributed by atoms with Crippen LogP contribution < -0.4 is 10.2 Å². The molecule has 0 aromatic heterocycles. The van der Waals surface area contributed by atoms with Crippen molar-refractivity contribution in [2.45, 2.75) is 44.9 Å². The molecule has 4 nitrogen and oxygen atoms in total. The Morgan fingerprint density at radius 1 is 1.00 bits per heavy atom. The van der Waals surface area contributed by atoms with Crippen LogP contribution in [0.5, 0.6) is 0 Å². The van der Waals surface area contributed by atoms with E-state index in [9.17, 15) is 9.59 Å². The van der Waals surface area contributed by atoms with Crippen LogP contribution in [-0.4, -0.2) is 17.6 Å². The van der Waals surface area contributed by atoms with E-state index in [1.807, 2.05) is 84.6 Å². The largest absolute Gasteiger partial charge is 0.322 e. The lowest BCUT2D eigenvalue weighted by Crippen LogP contribution is -2.29. The van der Waals surface area contributed by atoms with Gasteiger partial charge in [0.2, 0.25) is 5.91 Å². The lowest BCUT2D eigenvalue weighted by Gasteiger charge is -2.27. The summed E-state index contributed by atoms with van der Waals surface area (Å²) in [5, 5.41) is 2.90. The fraction of sp³-hybridized carbons (Fsp3) is 0.286. The number of rotatable bonds is 8. The lowest BCUT2D eigenvalue weighted by molar-refractivity contribution is -0.115. The van der Waals surface area contributed by atoms with Gasteiger partial charge in [-0.1, -0.05) is 68.3 Å². The van der Waals surface area contributed by atoms with Crippen molar-refractivity contribution in [1.82, 2.24) is 0 Å². The Hall–Kier alpha value is -3.05. The van der Waals surface area contributed by atoms with Crippen LogP contribution in [0.15, 0.2) is 72.8 Å². The summed E-state index contributed by atoms with van der Waals surface area (Å²) in [6.45, 7) is 4.22. The second-order valence-corrected chi connectivity index (χ2v) is 9.48. The van der Waals surface area contributed by atoms with Crippen LogP contribution in [0, 0.1) is 6.92 Å². The van der Waals surface area contributed by atoms with Crippen molar-refractivity contribution >= 4 is 35.0 Å². The van der Waals surface area contributed by atoms with Crippen LogP contribution in [0.2, 0.25) is 0 Å². The highest BCUT2D eigenvalue weighted by Gasteiger charge is 2.36. The number of carbonyl (C=O) groups is 2. The summed E-state index contributed by atoms with van der Waals surface area (Å²) >= 11 is 1.59. The number of anilines is 2. The van der Waals surface area contributed by atoms with Gasteiger partial charge in [-0.05, 0) is 55.2 Å². The zero-order valence-electron chi connectivity index (χ0n) is 19.2. The zero-order valence-corrected chi connectivity index (χ0v) is 20.0. The van der Waals surface area contributed by atoms with Gasteiger partial charge in [-0.2, -0.15) is 0 Å². The average molecular weight is 459 g/mol. The third-order valence-corrected chi connectivity index (χ3v) is 7.20. The number of carbonyl (C=O) groups excluding carboxylic acids is 2. The van der Waals surface area contributed by atoms with Gasteiger partial charge in [0.25, 0.3) is 5.91 Å². The summed E-state index contributed by atoms with van der Waals surface area (Å²) < 4.78 is 0. The van der Waals surface area contributed by atoms with Gasteiger partial charge < -0.3 is 5.32 Å². The number of hydrogen-bond donors (Lipinski definition) is 1. The molecule has 0 saturated carbocycles. The first-order chi connectivity index (χ1) is 16.1. The summed E-state index contributed by atoms with van der Waals surface area (Å²) in [6, 6.07) is 23.6. The maximum Gasteiger partial charge on any atom is 0.255 e. The fourth-order valence-corrected chi connectivity index (χ4v) is 5.38. The lowest BCUT2D eigenvalue weighted by atomic mass is 10.0. The highest BCUT2D eigenvalue weighted by molar-refractivity contribution is 8.00. The molecule has 170 valence electrons. The van der Waals surface area contributed by atoms with E-state index in [4.69, 9.17) is 0 Å². The highest BCUT2D eigenvalue weighted by atomic mass is 32.2. The number of nitrogens with zero attached hydrogens (tertiary/aromatic N) is 1. The monoisotopic (exact) mass is 458 g/mol. The third-order valence-electron chi connectivity index (χ3n) is 6.00. The molecule has 3 aromatic carbocycles. The van der Waals surface area contributed by atoms with Crippen LogP contribution in [-0.2, 0) is 11.2 Å². The summed E-state index contributed by atoms with van der Waals surface area (Å²) in [5.74, 6) is 0.360. The predicted molar refractivity (Wildman–Crippen MR) is 138 cm³/mol. The van der Waals surface area contributed by atoms with Crippen molar-refractivity contribution in [3.63, 3.8) is 0 Å². The van der Waals surface area contributed by atoms with Crippen LogP contribution >= 0.6 is 11.8 Å². The molecule has 1 aliphatic rings. The third kappa shape index (κ3) is 5.31. The van der Waals surface area contributed by atoms with Crippen molar-refractivity contribution in [2.24, 2.45) is 0 Å². The number of aryl methyl sites for hydroxylation is 2. The van der Waals surface area contributed by atoms with Gasteiger partial charge in [0, 0.05) is 22.5 Å². The standard InChI is InChI=1S/C28H30N2O2S/c1-3-4-5-11-21-15-17-22(18-16-21)27(32)29-24-13-8-7-12-23(24)28-30(26(31)19-33-28)25-14-9-6-10-20(25)2/h6-10,12-18,28H,3-5,11,19H2,1-2H3,(H,29,32)/t28-/m1/s1. The molecule has 4 rings (SSSR count). The molecule has 1 atom stereocenters. The van der Waals surface area contributed by atoms with Crippen LogP contribution in [0.3, 0.4) is 0 Å². The summed E-state index contributed by atoms with van der Waals surface area (Å²) in [5.41, 5.74) is 5.53. The second kappa shape index (κ2) is 10.7. The van der Waals surface area contributed by atoms with E-state index in [2.05, 4.69) is 12.2 Å². The molecule has 0 spiro atoms. The molecule has 1 fully saturated rings. The first kappa shape index (κ1) is 23.1. The smallest absolute Gasteiger partial charge is 0.255 e. The van der Waals surface area contributed by atoms with Crippen molar-refractivity contribution in [2.75, 3.05) is 16.0 Å². The molecule has 1 heterocycles. The molecule has 0 unspecified atom stereocenters. The van der Waals surface area contributed by atoms with E-state index >= 15 is 0 Å². The molecule has 0 radical (unpaired) electrons. The Bertz CT molecular complexity index is 1130. The van der Waals surface area contributed by atoms with E-state index in [0.717, 1.165) is 28.9 Å². The van der Waals surface area contributed by atoms with Gasteiger partial charge >= 0.3 is 0 Å². The van der Waals surface area contributed by atoms with Gasteiger partial charge in [0.1, 0.15) is 5.37 Å². The SMILES string of the molecule is CCCCCc1ccc(C(=O)Nc2ccccc2[C@H]2SCC(=O)N2c2ccccc2C)cc1. The normalized spacial score (nSPS) is 15.6. The molecular weight excluding hydrogens is 428 g/mol. The minimum atomic E-state index is -0.184. The molecule has 5 heteroatoms. The molecule has 1 aliphatic heterocycles. The van der Waals surface area contributed by atoms with Crippen LogP contribution in [0.25, 0.3) is 0 Å². The molecule has 1 N–H and O–H groups in total. The van der Waals surface area contributed by atoms with Crippen LogP contribution in [0.4, 0.5) is 11.4 Å². The fourth-order valence-electron chi connectivity index (χ4n) is 4.17. The summed E-state index contributed by atoms with van der Waals surface area (Å²) in [7, 11) is 0. The second-order valence-electron chi connectivity index (χ2n) is 8.41. The number of amides is 2. The number of unbranched alkanes of at least 4 members (excludes halogenated alkanes) is 2. The topological polar surface area (TPSA) is 49.4 Å². The molecule has 1 saturated heterocycles. The first-order valence-electron chi connectivity index (χ1n) is 11.6. The summed E-state index contributed by atoms with van der Waals surface area (Å²) in [4.78, 5) is 27.7. The van der Waals surface area contributed by atoms with E-state index in [-0.39, 0.29) is 17.2 Å². The quantitative estimate of drug-likeness (QED) is 0.380. The highest BCUT2D eigenvalue weighted by Crippen LogP contribution is 2.45. The minimum Gasteiger partial charge on any atom is -0.322 e. The zero-order chi connectivity index (χ0) is 23.2. The molecule has 0 bridgehead atoms. The van der Waals surface area contributed by atoms with E-state index in [0.29, 0.717) is 11.3 Å². The average Bonchev–Trinajstić information content (AvgIpc) is 3.21. The van der Waals surface area contributed by atoms with Gasteiger partial charge in [-0.25, -0.2) is 0 Å². The van der Waals surface area contributed by atoms with Crippen LogP contribution in [0.1, 0.15) is 58.6 Å². The van der Waals surface area contributed by atoms with Crippen molar-refractivity contribution < 1.29 is 9.59 Å². The molecule has 33 heavy (non-hydrogen) atoms. The first-order valence-corrected chi connectivity index (χ1v) is 12.6. The Kier molecular flexibility index (Phi) is 7.50. The number of hydrogen-bond acceptors (Lipinski definition) is 3. The Morgan fingerprint density at radius 2 is 1.73 bits per heavy atom. The number of para-hydroxylation sites is 2. The number of thioether (sulfide) groups is 1. The number of nitrogens with one attached hydrogen (secondary N) is 1. The Balaban J connectivity index is 1.55.